The van der Waals surface area contributed by atoms with Crippen LogP contribution in [0.2, 0.25) is 0 Å². The summed E-state index contributed by atoms with van der Waals surface area (Å²) < 4.78 is 6.39. The molecule has 2 aromatic heterocycles. The van der Waals surface area contributed by atoms with Crippen molar-refractivity contribution >= 4 is 44.5 Å². The molecule has 1 fully saturated rings. The first-order valence-electron chi connectivity index (χ1n) is 14.3. The number of ether oxygens (including phenoxy) is 1. The zero-order valence-corrected chi connectivity index (χ0v) is 23.6. The summed E-state index contributed by atoms with van der Waals surface area (Å²) in [5.41, 5.74) is 4.21. The number of aromatic nitrogens is 1. The summed E-state index contributed by atoms with van der Waals surface area (Å²) in [7, 11) is 0. The molecule has 0 amide bonds. The van der Waals surface area contributed by atoms with Crippen LogP contribution in [0.3, 0.4) is 0 Å². The first-order chi connectivity index (χ1) is 20.2. The third-order valence-electron chi connectivity index (χ3n) is 8.44. The van der Waals surface area contributed by atoms with Crippen LogP contribution in [0.1, 0.15) is 39.6 Å². The Morgan fingerprint density at radius 1 is 0.878 bits per heavy atom. The summed E-state index contributed by atoms with van der Waals surface area (Å²) in [6.07, 6.45) is 3.95. The predicted molar refractivity (Wildman–Crippen MR) is 169 cm³/mol. The summed E-state index contributed by atoms with van der Waals surface area (Å²) >= 11 is 1.70. The molecule has 1 aliphatic heterocycles. The van der Waals surface area contributed by atoms with Gasteiger partial charge in [0.15, 0.2) is 5.78 Å². The van der Waals surface area contributed by atoms with E-state index in [-0.39, 0.29) is 11.7 Å². The van der Waals surface area contributed by atoms with Gasteiger partial charge < -0.3 is 14.6 Å². The van der Waals surface area contributed by atoms with Gasteiger partial charge in [0.25, 0.3) is 0 Å². The number of anilines is 1. The molecular formula is C36H32N2O2S. The standard InChI is InChI=1S/C36H32N2O2S/c39-36(28-16-15-25-8-1-2-9-27(25)22-28)35(34-14-7-21-41-34)26-17-19-38(20-18-26)32-12-5-6-13-33(32)40-24-29-23-37-31-11-4-3-10-30(29)31/h1-16,21-23,26,35,37H,17-20,24H2/t35-/m1/s1. The topological polar surface area (TPSA) is 45.3 Å². The minimum atomic E-state index is -0.119. The Labute approximate surface area is 244 Å². The van der Waals surface area contributed by atoms with Crippen LogP contribution in [0.15, 0.2) is 115 Å². The maximum atomic E-state index is 14.1. The first-order valence-corrected chi connectivity index (χ1v) is 15.2. The molecule has 204 valence electrons. The number of para-hydroxylation sites is 3. The largest absolute Gasteiger partial charge is 0.487 e. The van der Waals surface area contributed by atoms with Crippen LogP contribution in [0, 0.1) is 5.92 Å². The molecule has 1 aliphatic rings. The number of nitrogens with zero attached hydrogens (tertiary/aromatic N) is 1. The molecular weight excluding hydrogens is 524 g/mol. The fraction of sp³-hybridized carbons (Fsp3) is 0.194. The Hall–Kier alpha value is -4.35. The van der Waals surface area contributed by atoms with Crippen molar-refractivity contribution in [3.05, 3.63) is 131 Å². The number of Topliss-reactive ketones (excluding diaryl/α,β-unsaturated/α-hetero) is 1. The molecule has 0 radical (unpaired) electrons. The normalized spacial score (nSPS) is 14.9. The number of hydrogen-bond acceptors (Lipinski definition) is 4. The molecule has 1 saturated heterocycles. The van der Waals surface area contributed by atoms with E-state index in [9.17, 15) is 4.79 Å². The van der Waals surface area contributed by atoms with Crippen LogP contribution in [0.5, 0.6) is 5.75 Å². The minimum absolute atomic E-state index is 0.119. The lowest BCUT2D eigenvalue weighted by molar-refractivity contribution is 0.0921. The van der Waals surface area contributed by atoms with E-state index in [0.29, 0.717) is 12.5 Å². The molecule has 4 nitrogen and oxygen atoms in total. The molecule has 41 heavy (non-hydrogen) atoms. The van der Waals surface area contributed by atoms with Gasteiger partial charge in [-0.3, -0.25) is 4.79 Å². The monoisotopic (exact) mass is 556 g/mol. The average molecular weight is 557 g/mol. The lowest BCUT2D eigenvalue weighted by atomic mass is 9.78. The highest BCUT2D eigenvalue weighted by Crippen LogP contribution is 2.40. The number of carbonyl (C=O) groups is 1. The molecule has 0 bridgehead atoms. The molecule has 1 N–H and O–H groups in total. The van der Waals surface area contributed by atoms with Gasteiger partial charge in [-0.2, -0.15) is 0 Å². The summed E-state index contributed by atoms with van der Waals surface area (Å²) in [5.74, 6) is 1.31. The van der Waals surface area contributed by atoms with E-state index in [2.05, 4.69) is 88.1 Å². The van der Waals surface area contributed by atoms with E-state index in [0.717, 1.165) is 64.8 Å². The van der Waals surface area contributed by atoms with Crippen LogP contribution in [-0.4, -0.2) is 23.9 Å². The summed E-state index contributed by atoms with van der Waals surface area (Å²) in [6.45, 7) is 2.30. The predicted octanol–water partition coefficient (Wildman–Crippen LogP) is 8.84. The number of fused-ring (bicyclic) bond motifs is 2. The lowest BCUT2D eigenvalue weighted by Crippen LogP contribution is -2.37. The van der Waals surface area contributed by atoms with Crippen molar-refractivity contribution in [2.75, 3.05) is 18.0 Å². The van der Waals surface area contributed by atoms with E-state index in [1.54, 1.807) is 11.3 Å². The number of benzene rings is 4. The number of rotatable bonds is 8. The number of carbonyl (C=O) groups excluding carboxylic acids is 1. The van der Waals surface area contributed by atoms with Crippen molar-refractivity contribution < 1.29 is 9.53 Å². The van der Waals surface area contributed by atoms with Gasteiger partial charge in [0.1, 0.15) is 12.4 Å². The van der Waals surface area contributed by atoms with Crippen LogP contribution in [0.4, 0.5) is 5.69 Å². The summed E-state index contributed by atoms with van der Waals surface area (Å²) in [4.78, 5) is 21.0. The van der Waals surface area contributed by atoms with Crippen molar-refractivity contribution in [3.8, 4) is 5.75 Å². The van der Waals surface area contributed by atoms with Gasteiger partial charge in [-0.15, -0.1) is 11.3 Å². The Morgan fingerprint density at radius 3 is 2.51 bits per heavy atom. The lowest BCUT2D eigenvalue weighted by Gasteiger charge is -2.37. The number of aromatic amines is 1. The number of piperidine rings is 1. The highest BCUT2D eigenvalue weighted by Gasteiger charge is 2.34. The number of thiophene rings is 1. The molecule has 4 aromatic carbocycles. The van der Waals surface area contributed by atoms with Crippen LogP contribution >= 0.6 is 11.3 Å². The fourth-order valence-corrected chi connectivity index (χ4v) is 7.20. The Balaban J connectivity index is 1.08. The van der Waals surface area contributed by atoms with Gasteiger partial charge in [0.2, 0.25) is 0 Å². The van der Waals surface area contributed by atoms with Crippen molar-refractivity contribution in [2.24, 2.45) is 5.92 Å². The van der Waals surface area contributed by atoms with E-state index >= 15 is 0 Å². The van der Waals surface area contributed by atoms with Crippen LogP contribution in [0.25, 0.3) is 21.7 Å². The Morgan fingerprint density at radius 2 is 1.66 bits per heavy atom. The molecule has 0 saturated carbocycles. The van der Waals surface area contributed by atoms with Crippen molar-refractivity contribution in [1.29, 1.82) is 0 Å². The first kappa shape index (κ1) is 25.6. The van der Waals surface area contributed by atoms with E-state index in [1.165, 1.54) is 10.3 Å². The fourth-order valence-electron chi connectivity index (χ4n) is 6.29. The molecule has 0 spiro atoms. The molecule has 7 rings (SSSR count). The second-order valence-electron chi connectivity index (χ2n) is 10.9. The minimum Gasteiger partial charge on any atom is -0.487 e. The number of ketones is 1. The van der Waals surface area contributed by atoms with E-state index < -0.39 is 0 Å². The second kappa shape index (κ2) is 11.3. The highest BCUT2D eigenvalue weighted by atomic mass is 32.1. The van der Waals surface area contributed by atoms with E-state index in [4.69, 9.17) is 4.74 Å². The van der Waals surface area contributed by atoms with Crippen molar-refractivity contribution in [3.63, 3.8) is 0 Å². The summed E-state index contributed by atoms with van der Waals surface area (Å²) in [6, 6.07) is 35.3. The van der Waals surface area contributed by atoms with Crippen molar-refractivity contribution in [2.45, 2.75) is 25.4 Å². The highest BCUT2D eigenvalue weighted by molar-refractivity contribution is 7.10. The maximum Gasteiger partial charge on any atom is 0.171 e. The van der Waals surface area contributed by atoms with E-state index in [1.807, 2.05) is 36.5 Å². The average Bonchev–Trinajstić information content (AvgIpc) is 3.71. The van der Waals surface area contributed by atoms with Gasteiger partial charge in [0, 0.05) is 46.2 Å². The molecule has 0 unspecified atom stereocenters. The third kappa shape index (κ3) is 5.14. The Bertz CT molecular complexity index is 1800. The maximum absolute atomic E-state index is 14.1. The van der Waals surface area contributed by atoms with Gasteiger partial charge in [-0.1, -0.05) is 72.8 Å². The van der Waals surface area contributed by atoms with Crippen molar-refractivity contribution in [1.82, 2.24) is 4.98 Å². The van der Waals surface area contributed by atoms with Gasteiger partial charge in [0.05, 0.1) is 11.6 Å². The molecule has 3 heterocycles. The molecule has 0 aliphatic carbocycles. The Kier molecular flexibility index (Phi) is 7.03. The number of H-pyrrole nitrogens is 1. The van der Waals surface area contributed by atoms with Gasteiger partial charge in [-0.25, -0.2) is 0 Å². The number of hydrogen-bond donors (Lipinski definition) is 1. The number of nitrogens with one attached hydrogen (secondary N) is 1. The van der Waals surface area contributed by atoms with Crippen LogP contribution in [-0.2, 0) is 6.61 Å². The quantitative estimate of drug-likeness (QED) is 0.191. The SMILES string of the molecule is O=C(c1ccc2ccccc2c1)[C@@H](c1cccs1)C1CCN(c2ccccc2OCc2c[nH]c3ccccc23)CC1. The molecule has 5 heteroatoms. The van der Waals surface area contributed by atoms with Gasteiger partial charge >= 0.3 is 0 Å². The van der Waals surface area contributed by atoms with Crippen LogP contribution < -0.4 is 9.64 Å². The molecule has 6 aromatic rings. The zero-order chi connectivity index (χ0) is 27.6. The second-order valence-corrected chi connectivity index (χ2v) is 11.8. The smallest absolute Gasteiger partial charge is 0.171 e. The third-order valence-corrected chi connectivity index (χ3v) is 9.40. The summed E-state index contributed by atoms with van der Waals surface area (Å²) in [5, 5.41) is 5.56. The molecule has 1 atom stereocenters. The zero-order valence-electron chi connectivity index (χ0n) is 22.8. The van der Waals surface area contributed by atoms with Gasteiger partial charge in [-0.05, 0) is 65.2 Å².